The van der Waals surface area contributed by atoms with E-state index in [0.717, 1.165) is 18.9 Å². The van der Waals surface area contributed by atoms with Crippen molar-refractivity contribution in [2.75, 3.05) is 13.2 Å². The molecule has 5 heteroatoms. The summed E-state index contributed by atoms with van der Waals surface area (Å²) in [4.78, 5) is 0. The second kappa shape index (κ2) is 2.84. The van der Waals surface area contributed by atoms with Crippen molar-refractivity contribution in [3.63, 3.8) is 0 Å². The third kappa shape index (κ3) is 1.21. The van der Waals surface area contributed by atoms with E-state index in [4.69, 9.17) is 10.5 Å². The molecule has 2 heterocycles. The van der Waals surface area contributed by atoms with Gasteiger partial charge in [-0.2, -0.15) is 0 Å². The Morgan fingerprint density at radius 1 is 1.75 bits per heavy atom. The minimum Gasteiger partial charge on any atom is -0.377 e. The number of hydrogen-bond donors (Lipinski definition) is 1. The second-order valence-electron chi connectivity index (χ2n) is 3.10. The molecular formula is C7H12N4O. The van der Waals surface area contributed by atoms with Crippen LogP contribution in [0, 0.1) is 0 Å². The number of hydrogen-bond acceptors (Lipinski definition) is 4. The van der Waals surface area contributed by atoms with Gasteiger partial charge in [0.05, 0.1) is 25.1 Å². The van der Waals surface area contributed by atoms with Crippen molar-refractivity contribution in [3.8, 4) is 0 Å². The van der Waals surface area contributed by atoms with Gasteiger partial charge in [-0.3, -0.25) is 0 Å². The monoisotopic (exact) mass is 168 g/mol. The van der Waals surface area contributed by atoms with Crippen molar-refractivity contribution < 1.29 is 4.74 Å². The normalized spacial score (nSPS) is 20.5. The van der Waals surface area contributed by atoms with Gasteiger partial charge in [0, 0.05) is 6.04 Å². The van der Waals surface area contributed by atoms with Crippen LogP contribution < -0.4 is 5.73 Å². The average molecular weight is 168 g/mol. The molecule has 0 aliphatic carbocycles. The molecule has 1 aliphatic heterocycles. The second-order valence-corrected chi connectivity index (χ2v) is 3.10. The molecule has 5 nitrogen and oxygen atoms in total. The highest BCUT2D eigenvalue weighted by Gasteiger charge is 2.21. The minimum absolute atomic E-state index is 0.0419. The van der Waals surface area contributed by atoms with Gasteiger partial charge in [0.2, 0.25) is 0 Å². The molecular weight excluding hydrogens is 156 g/mol. The molecule has 66 valence electrons. The molecule has 1 saturated heterocycles. The van der Waals surface area contributed by atoms with Crippen LogP contribution in [0.1, 0.15) is 24.7 Å². The number of aromatic nitrogens is 3. The molecule has 2 rings (SSSR count). The fraction of sp³-hybridized carbons (Fsp3) is 0.714. The first kappa shape index (κ1) is 7.70. The van der Waals surface area contributed by atoms with Crippen molar-refractivity contribution in [2.45, 2.75) is 19.0 Å². The van der Waals surface area contributed by atoms with Crippen molar-refractivity contribution >= 4 is 0 Å². The van der Waals surface area contributed by atoms with E-state index < -0.39 is 0 Å². The number of nitrogens with two attached hydrogens (primary N) is 1. The van der Waals surface area contributed by atoms with Crippen molar-refractivity contribution in [1.29, 1.82) is 0 Å². The third-order valence-electron chi connectivity index (χ3n) is 1.99. The minimum atomic E-state index is -0.0419. The first-order valence-corrected chi connectivity index (χ1v) is 4.02. The molecule has 0 spiro atoms. The van der Waals surface area contributed by atoms with Crippen LogP contribution in [-0.4, -0.2) is 28.2 Å². The fourth-order valence-electron chi connectivity index (χ4n) is 1.05. The summed E-state index contributed by atoms with van der Waals surface area (Å²) in [6.45, 7) is 3.37. The zero-order valence-corrected chi connectivity index (χ0v) is 6.97. The Balaban J connectivity index is 2.12. The highest BCUT2D eigenvalue weighted by atomic mass is 16.5. The molecule has 0 aromatic carbocycles. The van der Waals surface area contributed by atoms with Gasteiger partial charge in [-0.15, -0.1) is 5.10 Å². The van der Waals surface area contributed by atoms with Crippen LogP contribution in [0.5, 0.6) is 0 Å². The van der Waals surface area contributed by atoms with Crippen LogP contribution in [0.25, 0.3) is 0 Å². The maximum Gasteiger partial charge on any atom is 0.100 e. The number of ether oxygens (including phenoxy) is 1. The summed E-state index contributed by atoms with van der Waals surface area (Å²) in [6, 6.07) is 0.324. The first-order chi connectivity index (χ1) is 5.77. The van der Waals surface area contributed by atoms with Crippen LogP contribution in [0.15, 0.2) is 6.20 Å². The van der Waals surface area contributed by atoms with E-state index in [1.807, 2.05) is 17.8 Å². The van der Waals surface area contributed by atoms with Crippen LogP contribution in [0.3, 0.4) is 0 Å². The molecule has 0 amide bonds. The molecule has 1 fully saturated rings. The van der Waals surface area contributed by atoms with Crippen LogP contribution in [0.2, 0.25) is 0 Å². The first-order valence-electron chi connectivity index (χ1n) is 4.02. The van der Waals surface area contributed by atoms with Gasteiger partial charge in [0.25, 0.3) is 0 Å². The third-order valence-corrected chi connectivity index (χ3v) is 1.99. The summed E-state index contributed by atoms with van der Waals surface area (Å²) < 4.78 is 6.86. The SMILES string of the molecule is C[C@H](N)c1cn(C2COC2)nn1. The lowest BCUT2D eigenvalue weighted by molar-refractivity contribution is -0.0294. The van der Waals surface area contributed by atoms with Crippen molar-refractivity contribution in [2.24, 2.45) is 5.73 Å². The standard InChI is InChI=1S/C7H12N4O/c1-5(8)7-2-11(10-9-7)6-3-12-4-6/h2,5-6H,3-4,8H2,1H3/t5-/m0/s1. The zero-order chi connectivity index (χ0) is 8.55. The van der Waals surface area contributed by atoms with E-state index in [9.17, 15) is 0 Å². The Labute approximate surface area is 70.5 Å². The molecule has 0 radical (unpaired) electrons. The maximum atomic E-state index is 5.64. The Kier molecular flexibility index (Phi) is 1.82. The zero-order valence-electron chi connectivity index (χ0n) is 6.97. The van der Waals surface area contributed by atoms with Crippen molar-refractivity contribution in [1.82, 2.24) is 15.0 Å². The maximum absolute atomic E-state index is 5.64. The molecule has 0 unspecified atom stereocenters. The van der Waals surface area contributed by atoms with E-state index >= 15 is 0 Å². The lowest BCUT2D eigenvalue weighted by Crippen LogP contribution is -2.31. The van der Waals surface area contributed by atoms with E-state index in [2.05, 4.69) is 10.3 Å². The summed E-state index contributed by atoms with van der Waals surface area (Å²) in [5, 5.41) is 7.92. The molecule has 0 bridgehead atoms. The van der Waals surface area contributed by atoms with Gasteiger partial charge in [-0.05, 0) is 6.92 Å². The molecule has 2 N–H and O–H groups in total. The molecule has 1 aliphatic rings. The van der Waals surface area contributed by atoms with Crippen LogP contribution in [-0.2, 0) is 4.74 Å². The molecule has 12 heavy (non-hydrogen) atoms. The summed E-state index contributed by atoms with van der Waals surface area (Å²) in [6.07, 6.45) is 1.89. The van der Waals surface area contributed by atoms with Gasteiger partial charge in [-0.1, -0.05) is 5.21 Å². The van der Waals surface area contributed by atoms with Gasteiger partial charge in [-0.25, -0.2) is 4.68 Å². The topological polar surface area (TPSA) is 66.0 Å². The molecule has 1 aromatic heterocycles. The lowest BCUT2D eigenvalue weighted by atomic mass is 10.2. The Hall–Kier alpha value is -0.940. The summed E-state index contributed by atoms with van der Waals surface area (Å²) >= 11 is 0. The average Bonchev–Trinajstić information content (AvgIpc) is 2.32. The lowest BCUT2D eigenvalue weighted by Gasteiger charge is -2.25. The number of rotatable bonds is 2. The Morgan fingerprint density at radius 3 is 2.92 bits per heavy atom. The van der Waals surface area contributed by atoms with E-state index in [1.165, 1.54) is 0 Å². The fourth-order valence-corrected chi connectivity index (χ4v) is 1.05. The van der Waals surface area contributed by atoms with Gasteiger partial charge >= 0.3 is 0 Å². The van der Waals surface area contributed by atoms with Gasteiger partial charge in [0.1, 0.15) is 6.04 Å². The van der Waals surface area contributed by atoms with Gasteiger partial charge in [0.15, 0.2) is 0 Å². The summed E-state index contributed by atoms with van der Waals surface area (Å²) in [5.41, 5.74) is 6.47. The Morgan fingerprint density at radius 2 is 2.50 bits per heavy atom. The van der Waals surface area contributed by atoms with E-state index in [0.29, 0.717) is 6.04 Å². The summed E-state index contributed by atoms with van der Waals surface area (Å²) in [7, 11) is 0. The highest BCUT2D eigenvalue weighted by Crippen LogP contribution is 2.16. The predicted molar refractivity (Wildman–Crippen MR) is 42.5 cm³/mol. The van der Waals surface area contributed by atoms with E-state index in [-0.39, 0.29) is 6.04 Å². The summed E-state index contributed by atoms with van der Waals surface area (Å²) in [5.74, 6) is 0. The largest absolute Gasteiger partial charge is 0.377 e. The molecule has 1 aromatic rings. The Bertz CT molecular complexity index is 266. The van der Waals surface area contributed by atoms with Gasteiger partial charge < -0.3 is 10.5 Å². The van der Waals surface area contributed by atoms with E-state index in [1.54, 1.807) is 0 Å². The smallest absolute Gasteiger partial charge is 0.100 e. The predicted octanol–water partition coefficient (Wildman–Crippen LogP) is -0.131. The van der Waals surface area contributed by atoms with Crippen molar-refractivity contribution in [3.05, 3.63) is 11.9 Å². The van der Waals surface area contributed by atoms with Crippen LogP contribution in [0.4, 0.5) is 0 Å². The quantitative estimate of drug-likeness (QED) is 0.668. The number of nitrogens with zero attached hydrogens (tertiary/aromatic N) is 3. The highest BCUT2D eigenvalue weighted by molar-refractivity contribution is 4.98. The van der Waals surface area contributed by atoms with Crippen LogP contribution >= 0.6 is 0 Å². The molecule has 0 saturated carbocycles. The molecule has 1 atom stereocenters.